The Morgan fingerprint density at radius 2 is 1.88 bits per heavy atom. The van der Waals surface area contributed by atoms with E-state index < -0.39 is 10.0 Å². The van der Waals surface area contributed by atoms with Gasteiger partial charge in [-0.3, -0.25) is 0 Å². The fourth-order valence-electron chi connectivity index (χ4n) is 2.36. The highest BCUT2D eigenvalue weighted by molar-refractivity contribution is 7.89. The molecule has 1 aromatic carbocycles. The van der Waals surface area contributed by atoms with Gasteiger partial charge in [-0.1, -0.05) is 35.5 Å². The fourth-order valence-corrected chi connectivity index (χ4v) is 3.68. The number of rotatable bonds is 5. The Bertz CT molecular complexity index is 933. The Kier molecular flexibility index (Phi) is 4.41. The molecule has 124 valence electrons. The molecule has 0 amide bonds. The van der Waals surface area contributed by atoms with Crippen LogP contribution in [0.15, 0.2) is 52.1 Å². The first-order valence-corrected chi connectivity index (χ1v) is 8.74. The van der Waals surface area contributed by atoms with Gasteiger partial charge in [-0.15, -0.1) is 0 Å². The summed E-state index contributed by atoms with van der Waals surface area (Å²) in [5, 5.41) is 3.67. The second-order valence-electron chi connectivity index (χ2n) is 5.24. The van der Waals surface area contributed by atoms with Crippen molar-refractivity contribution in [2.24, 2.45) is 0 Å². The lowest BCUT2D eigenvalue weighted by atomic mass is 10.1. The molecule has 0 aliphatic carbocycles. The molecule has 1 N–H and O–H groups in total. The van der Waals surface area contributed by atoms with Crippen molar-refractivity contribution in [3.8, 4) is 11.3 Å². The Hall–Kier alpha value is -2.58. The minimum absolute atomic E-state index is 0.0503. The topological polar surface area (TPSA) is 98.0 Å². The van der Waals surface area contributed by atoms with E-state index in [-0.39, 0.29) is 17.2 Å². The van der Waals surface area contributed by atoms with Gasteiger partial charge in [0.05, 0.1) is 17.9 Å². The van der Waals surface area contributed by atoms with Gasteiger partial charge in [0.2, 0.25) is 10.0 Å². The zero-order valence-electron chi connectivity index (χ0n) is 13.2. The molecule has 0 aliphatic heterocycles. The summed E-state index contributed by atoms with van der Waals surface area (Å²) in [4.78, 5) is 8.41. The Morgan fingerprint density at radius 3 is 2.54 bits per heavy atom. The highest BCUT2D eigenvalue weighted by atomic mass is 32.2. The van der Waals surface area contributed by atoms with Crippen LogP contribution < -0.4 is 4.72 Å². The minimum Gasteiger partial charge on any atom is -0.360 e. The molecule has 0 fully saturated rings. The first kappa shape index (κ1) is 16.3. The molecule has 0 aliphatic rings. The summed E-state index contributed by atoms with van der Waals surface area (Å²) in [6, 6.07) is 11.4. The van der Waals surface area contributed by atoms with Gasteiger partial charge in [-0.05, 0) is 19.9 Å². The van der Waals surface area contributed by atoms with Gasteiger partial charge in [-0.25, -0.2) is 23.1 Å². The number of hydrogen-bond donors (Lipinski definition) is 1. The molecule has 24 heavy (non-hydrogen) atoms. The van der Waals surface area contributed by atoms with Crippen molar-refractivity contribution in [2.75, 3.05) is 0 Å². The van der Waals surface area contributed by atoms with Crippen molar-refractivity contribution >= 4 is 10.0 Å². The van der Waals surface area contributed by atoms with Gasteiger partial charge in [0, 0.05) is 5.56 Å². The maximum Gasteiger partial charge on any atom is 0.246 e. The highest BCUT2D eigenvalue weighted by Crippen LogP contribution is 2.19. The predicted octanol–water partition coefficient (Wildman–Crippen LogP) is 2.23. The third kappa shape index (κ3) is 3.34. The summed E-state index contributed by atoms with van der Waals surface area (Å²) in [6.07, 6.45) is 1.42. The Morgan fingerprint density at radius 1 is 1.12 bits per heavy atom. The van der Waals surface area contributed by atoms with Crippen molar-refractivity contribution in [3.63, 3.8) is 0 Å². The second kappa shape index (κ2) is 6.50. The van der Waals surface area contributed by atoms with Gasteiger partial charge in [0.25, 0.3) is 0 Å². The van der Waals surface area contributed by atoms with Crippen LogP contribution in [0.5, 0.6) is 0 Å². The number of aryl methyl sites for hydroxylation is 2. The monoisotopic (exact) mass is 344 g/mol. The van der Waals surface area contributed by atoms with Crippen LogP contribution in [0.1, 0.15) is 17.1 Å². The number of aromatic nitrogens is 3. The Labute approximate surface area is 139 Å². The number of sulfonamides is 1. The van der Waals surface area contributed by atoms with E-state index in [1.165, 1.54) is 6.33 Å². The molecule has 2 heterocycles. The van der Waals surface area contributed by atoms with Crippen LogP contribution >= 0.6 is 0 Å². The lowest BCUT2D eigenvalue weighted by molar-refractivity contribution is 0.390. The summed E-state index contributed by atoms with van der Waals surface area (Å²) in [5.74, 6) is 0.257. The summed E-state index contributed by atoms with van der Waals surface area (Å²) in [7, 11) is -3.72. The standard InChI is InChI=1S/C16H16N4O3S/c1-11-16(12(2)23-20-11)24(21,22)19-9-14-8-15(18-10-17-14)13-6-4-3-5-7-13/h3-8,10,19H,9H2,1-2H3. The number of nitrogens with one attached hydrogen (secondary N) is 1. The fraction of sp³-hybridized carbons (Fsp3) is 0.188. The summed E-state index contributed by atoms with van der Waals surface area (Å²) in [5.41, 5.74) is 2.57. The van der Waals surface area contributed by atoms with Crippen LogP contribution in [-0.4, -0.2) is 23.5 Å². The van der Waals surface area contributed by atoms with Crippen molar-refractivity contribution in [2.45, 2.75) is 25.3 Å². The molecule has 0 saturated heterocycles. The van der Waals surface area contributed by atoms with E-state index in [1.807, 2.05) is 30.3 Å². The van der Waals surface area contributed by atoms with Crippen molar-refractivity contribution in [1.29, 1.82) is 0 Å². The summed E-state index contributed by atoms with van der Waals surface area (Å²) >= 11 is 0. The molecule has 0 saturated carbocycles. The highest BCUT2D eigenvalue weighted by Gasteiger charge is 2.23. The van der Waals surface area contributed by atoms with Crippen LogP contribution in [0.2, 0.25) is 0 Å². The third-order valence-electron chi connectivity index (χ3n) is 3.47. The zero-order valence-corrected chi connectivity index (χ0v) is 14.0. The SMILES string of the molecule is Cc1noc(C)c1S(=O)(=O)NCc1cc(-c2ccccc2)ncn1. The second-order valence-corrected chi connectivity index (χ2v) is 6.94. The van der Waals surface area contributed by atoms with Crippen molar-refractivity contribution in [1.82, 2.24) is 19.8 Å². The molecule has 3 rings (SSSR count). The molecule has 2 aromatic heterocycles. The van der Waals surface area contributed by atoms with Crippen LogP contribution in [-0.2, 0) is 16.6 Å². The van der Waals surface area contributed by atoms with E-state index in [9.17, 15) is 8.42 Å². The van der Waals surface area contributed by atoms with Crippen LogP contribution in [0.3, 0.4) is 0 Å². The van der Waals surface area contributed by atoms with E-state index in [1.54, 1.807) is 19.9 Å². The number of hydrogen-bond acceptors (Lipinski definition) is 6. The third-order valence-corrected chi connectivity index (χ3v) is 5.12. The normalized spacial score (nSPS) is 11.6. The molecule has 3 aromatic rings. The van der Waals surface area contributed by atoms with E-state index in [4.69, 9.17) is 4.52 Å². The number of nitrogens with zero attached hydrogens (tertiary/aromatic N) is 3. The smallest absolute Gasteiger partial charge is 0.246 e. The van der Waals surface area contributed by atoms with Crippen molar-refractivity contribution in [3.05, 3.63) is 59.9 Å². The maximum absolute atomic E-state index is 12.4. The molecule has 0 bridgehead atoms. The molecule has 0 radical (unpaired) electrons. The first-order chi connectivity index (χ1) is 11.5. The summed E-state index contributed by atoms with van der Waals surface area (Å²) in [6.45, 7) is 3.20. The van der Waals surface area contributed by atoms with Crippen LogP contribution in [0, 0.1) is 13.8 Å². The lowest BCUT2D eigenvalue weighted by Gasteiger charge is -2.07. The van der Waals surface area contributed by atoms with E-state index >= 15 is 0 Å². The van der Waals surface area contributed by atoms with E-state index in [0.717, 1.165) is 11.3 Å². The molecular formula is C16H16N4O3S. The largest absolute Gasteiger partial charge is 0.360 e. The average Bonchev–Trinajstić information content (AvgIpc) is 2.94. The molecule has 0 spiro atoms. The first-order valence-electron chi connectivity index (χ1n) is 7.26. The molecule has 0 unspecified atom stereocenters. The summed E-state index contributed by atoms with van der Waals surface area (Å²) < 4.78 is 32.3. The average molecular weight is 344 g/mol. The van der Waals surface area contributed by atoms with Gasteiger partial charge < -0.3 is 4.52 Å². The minimum atomic E-state index is -3.72. The van der Waals surface area contributed by atoms with Gasteiger partial charge in [0.1, 0.15) is 16.9 Å². The van der Waals surface area contributed by atoms with Gasteiger partial charge in [0.15, 0.2) is 5.76 Å². The predicted molar refractivity (Wildman–Crippen MR) is 87.5 cm³/mol. The number of benzene rings is 1. The quantitative estimate of drug-likeness (QED) is 0.762. The molecule has 8 heteroatoms. The molecule has 7 nitrogen and oxygen atoms in total. The van der Waals surface area contributed by atoms with Gasteiger partial charge >= 0.3 is 0 Å². The van der Waals surface area contributed by atoms with Crippen molar-refractivity contribution < 1.29 is 12.9 Å². The zero-order chi connectivity index (χ0) is 17.2. The van der Waals surface area contributed by atoms with Crippen LogP contribution in [0.4, 0.5) is 0 Å². The van der Waals surface area contributed by atoms with Crippen LogP contribution in [0.25, 0.3) is 11.3 Å². The lowest BCUT2D eigenvalue weighted by Crippen LogP contribution is -2.24. The molecular weight excluding hydrogens is 328 g/mol. The maximum atomic E-state index is 12.4. The van der Waals surface area contributed by atoms with Gasteiger partial charge in [-0.2, -0.15) is 0 Å². The van der Waals surface area contributed by atoms with E-state index in [2.05, 4.69) is 19.8 Å². The Balaban J connectivity index is 1.80. The molecule has 0 atom stereocenters. The van der Waals surface area contributed by atoms with E-state index in [0.29, 0.717) is 11.4 Å².